The molecular weight excluding hydrogens is 342 g/mol. The lowest BCUT2D eigenvalue weighted by atomic mass is 10.2. The molecule has 24 heavy (non-hydrogen) atoms. The molecule has 1 fully saturated rings. The fraction of sp³-hybridized carbons (Fsp3) is 0.312. The number of rotatable bonds is 6. The number of nitrogen functional groups attached to an aromatic ring is 1. The Morgan fingerprint density at radius 2 is 2.25 bits per heavy atom. The molecule has 1 aliphatic rings. The van der Waals surface area contributed by atoms with Crippen LogP contribution in [0.5, 0.6) is 5.75 Å². The van der Waals surface area contributed by atoms with Crippen LogP contribution >= 0.6 is 23.1 Å². The van der Waals surface area contributed by atoms with Gasteiger partial charge in [0.25, 0.3) is 0 Å². The summed E-state index contributed by atoms with van der Waals surface area (Å²) in [5.74, 6) is 9.03. The molecule has 3 aromatic rings. The number of nitrogens with two attached hydrogens (primary N) is 1. The molecule has 1 aliphatic carbocycles. The zero-order valence-corrected chi connectivity index (χ0v) is 14.8. The Bertz CT molecular complexity index is 856. The first-order valence-electron chi connectivity index (χ1n) is 7.66. The standard InChI is InChI=1S/C16H17N5OS2/c1-22-13-4-2-3-11(7-13)15-18-12(8-23-15)9-24-16-20-19-14(21(16)17)10-5-6-10/h2-4,7-8,10H,5-6,9,17H2,1H3. The predicted molar refractivity (Wildman–Crippen MR) is 95.8 cm³/mol. The molecule has 124 valence electrons. The van der Waals surface area contributed by atoms with Crippen molar-refractivity contribution >= 4 is 23.1 Å². The summed E-state index contributed by atoms with van der Waals surface area (Å²) in [6.45, 7) is 0. The smallest absolute Gasteiger partial charge is 0.210 e. The van der Waals surface area contributed by atoms with Gasteiger partial charge in [-0.1, -0.05) is 23.9 Å². The Balaban J connectivity index is 1.45. The number of hydrogen-bond acceptors (Lipinski definition) is 7. The highest BCUT2D eigenvalue weighted by molar-refractivity contribution is 7.98. The van der Waals surface area contributed by atoms with E-state index in [0.717, 1.165) is 51.6 Å². The van der Waals surface area contributed by atoms with Crippen molar-refractivity contribution < 1.29 is 4.74 Å². The molecule has 0 amide bonds. The minimum atomic E-state index is 0.496. The third-order valence-corrected chi connectivity index (χ3v) is 5.77. The van der Waals surface area contributed by atoms with Gasteiger partial charge in [-0.15, -0.1) is 21.5 Å². The van der Waals surface area contributed by atoms with Crippen LogP contribution in [0.1, 0.15) is 30.3 Å². The molecule has 2 aromatic heterocycles. The van der Waals surface area contributed by atoms with Crippen LogP contribution in [0.3, 0.4) is 0 Å². The van der Waals surface area contributed by atoms with Gasteiger partial charge in [0.15, 0.2) is 5.82 Å². The van der Waals surface area contributed by atoms with Crippen LogP contribution < -0.4 is 10.6 Å². The number of benzene rings is 1. The lowest BCUT2D eigenvalue weighted by Crippen LogP contribution is -2.13. The van der Waals surface area contributed by atoms with Gasteiger partial charge in [-0.3, -0.25) is 0 Å². The summed E-state index contributed by atoms with van der Waals surface area (Å²) in [7, 11) is 1.67. The second kappa shape index (κ2) is 6.45. The first kappa shape index (κ1) is 15.5. The molecule has 2 N–H and O–H groups in total. The van der Waals surface area contributed by atoms with Gasteiger partial charge in [-0.2, -0.15) is 0 Å². The molecule has 0 radical (unpaired) electrons. The quantitative estimate of drug-likeness (QED) is 0.537. The Morgan fingerprint density at radius 1 is 1.38 bits per heavy atom. The molecule has 0 aliphatic heterocycles. The average Bonchev–Trinajstić information content (AvgIpc) is 3.22. The molecule has 1 saturated carbocycles. The van der Waals surface area contributed by atoms with E-state index in [9.17, 15) is 0 Å². The summed E-state index contributed by atoms with van der Waals surface area (Å²) in [4.78, 5) is 4.70. The second-order valence-corrected chi connectivity index (χ2v) is 7.45. The van der Waals surface area contributed by atoms with Crippen molar-refractivity contribution in [3.63, 3.8) is 0 Å². The topological polar surface area (TPSA) is 78.9 Å². The van der Waals surface area contributed by atoms with Crippen molar-refractivity contribution in [2.75, 3.05) is 13.0 Å². The number of ether oxygens (including phenoxy) is 1. The third-order valence-electron chi connectivity index (χ3n) is 3.85. The van der Waals surface area contributed by atoms with E-state index in [2.05, 4.69) is 15.6 Å². The Kier molecular flexibility index (Phi) is 4.15. The Labute approximate surface area is 148 Å². The van der Waals surface area contributed by atoms with E-state index in [-0.39, 0.29) is 0 Å². The molecular formula is C16H17N5OS2. The van der Waals surface area contributed by atoms with Crippen LogP contribution in [0.15, 0.2) is 34.8 Å². The van der Waals surface area contributed by atoms with E-state index in [0.29, 0.717) is 5.92 Å². The van der Waals surface area contributed by atoms with Gasteiger partial charge in [0, 0.05) is 22.6 Å². The molecule has 0 saturated heterocycles. The number of thioether (sulfide) groups is 1. The summed E-state index contributed by atoms with van der Waals surface area (Å²) in [6.07, 6.45) is 2.33. The molecule has 0 atom stereocenters. The average molecular weight is 359 g/mol. The lowest BCUT2D eigenvalue weighted by molar-refractivity contribution is 0.415. The van der Waals surface area contributed by atoms with Crippen molar-refractivity contribution in [2.24, 2.45) is 0 Å². The first-order chi connectivity index (χ1) is 11.7. The van der Waals surface area contributed by atoms with E-state index < -0.39 is 0 Å². The monoisotopic (exact) mass is 359 g/mol. The lowest BCUT2D eigenvalue weighted by Gasteiger charge is -2.02. The van der Waals surface area contributed by atoms with Crippen molar-refractivity contribution in [3.05, 3.63) is 41.2 Å². The molecule has 2 heterocycles. The van der Waals surface area contributed by atoms with E-state index >= 15 is 0 Å². The molecule has 6 nitrogen and oxygen atoms in total. The molecule has 4 rings (SSSR count). The van der Waals surface area contributed by atoms with E-state index in [4.69, 9.17) is 15.6 Å². The van der Waals surface area contributed by atoms with Crippen molar-refractivity contribution in [1.29, 1.82) is 0 Å². The fourth-order valence-electron chi connectivity index (χ4n) is 2.41. The van der Waals surface area contributed by atoms with Gasteiger partial charge in [-0.25, -0.2) is 9.66 Å². The summed E-state index contributed by atoms with van der Waals surface area (Å²) in [5, 5.41) is 12.2. The maximum Gasteiger partial charge on any atom is 0.210 e. The van der Waals surface area contributed by atoms with Gasteiger partial charge in [0.05, 0.1) is 12.8 Å². The van der Waals surface area contributed by atoms with Crippen molar-refractivity contribution in [2.45, 2.75) is 29.7 Å². The zero-order chi connectivity index (χ0) is 16.5. The summed E-state index contributed by atoms with van der Waals surface area (Å²) in [5.41, 5.74) is 2.08. The first-order valence-corrected chi connectivity index (χ1v) is 9.53. The zero-order valence-electron chi connectivity index (χ0n) is 13.2. The Morgan fingerprint density at radius 3 is 3.04 bits per heavy atom. The normalized spacial score (nSPS) is 14.0. The summed E-state index contributed by atoms with van der Waals surface area (Å²) >= 11 is 3.19. The number of thiazole rings is 1. The summed E-state index contributed by atoms with van der Waals surface area (Å²) in [6, 6.07) is 7.94. The molecule has 1 aromatic carbocycles. The SMILES string of the molecule is COc1cccc(-c2nc(CSc3nnc(C4CC4)n3N)cs2)c1. The molecule has 0 spiro atoms. The predicted octanol–water partition coefficient (Wildman–Crippen LogP) is 3.29. The van der Waals surface area contributed by atoms with Crippen LogP contribution in [0.2, 0.25) is 0 Å². The van der Waals surface area contributed by atoms with Crippen molar-refractivity contribution in [3.8, 4) is 16.3 Å². The minimum Gasteiger partial charge on any atom is -0.497 e. The molecule has 0 bridgehead atoms. The van der Waals surface area contributed by atoms with Gasteiger partial charge >= 0.3 is 0 Å². The van der Waals surface area contributed by atoms with Gasteiger partial charge in [0.2, 0.25) is 5.16 Å². The largest absolute Gasteiger partial charge is 0.497 e. The van der Waals surface area contributed by atoms with Gasteiger partial charge < -0.3 is 10.6 Å². The fourth-order valence-corrected chi connectivity index (χ4v) is 4.09. The second-order valence-electron chi connectivity index (χ2n) is 5.65. The highest BCUT2D eigenvalue weighted by atomic mass is 32.2. The van der Waals surface area contributed by atoms with Crippen LogP contribution in [-0.2, 0) is 5.75 Å². The number of nitrogens with zero attached hydrogens (tertiary/aromatic N) is 4. The van der Waals surface area contributed by atoms with E-state index in [1.807, 2.05) is 24.3 Å². The van der Waals surface area contributed by atoms with Crippen molar-refractivity contribution in [1.82, 2.24) is 19.9 Å². The number of hydrogen-bond donors (Lipinski definition) is 1. The van der Waals surface area contributed by atoms with E-state index in [1.54, 1.807) is 34.9 Å². The van der Waals surface area contributed by atoms with E-state index in [1.165, 1.54) is 0 Å². The maximum absolute atomic E-state index is 6.08. The van der Waals surface area contributed by atoms with Gasteiger partial charge in [-0.05, 0) is 25.0 Å². The molecule has 8 heteroatoms. The van der Waals surface area contributed by atoms with Crippen LogP contribution in [0, 0.1) is 0 Å². The third kappa shape index (κ3) is 3.11. The highest BCUT2D eigenvalue weighted by Crippen LogP contribution is 2.39. The Hall–Kier alpha value is -2.06. The van der Waals surface area contributed by atoms with Crippen LogP contribution in [0.4, 0.5) is 0 Å². The van der Waals surface area contributed by atoms with Crippen LogP contribution in [-0.4, -0.2) is 27.0 Å². The maximum atomic E-state index is 6.08. The number of aromatic nitrogens is 4. The highest BCUT2D eigenvalue weighted by Gasteiger charge is 2.29. The minimum absolute atomic E-state index is 0.496. The number of methoxy groups -OCH3 is 1. The van der Waals surface area contributed by atoms with Crippen LogP contribution in [0.25, 0.3) is 10.6 Å². The molecule has 0 unspecified atom stereocenters. The van der Waals surface area contributed by atoms with Gasteiger partial charge in [0.1, 0.15) is 10.8 Å². The summed E-state index contributed by atoms with van der Waals surface area (Å²) < 4.78 is 6.89.